The van der Waals surface area contributed by atoms with Crippen LogP contribution in [0.25, 0.3) is 0 Å². The number of likely N-dealkylation sites (tertiary alicyclic amines) is 1. The van der Waals surface area contributed by atoms with Crippen molar-refractivity contribution in [3.8, 4) is 0 Å². The van der Waals surface area contributed by atoms with Crippen molar-refractivity contribution >= 4 is 5.97 Å². The minimum absolute atomic E-state index is 0.109. The van der Waals surface area contributed by atoms with E-state index in [9.17, 15) is 4.79 Å². The first-order valence-corrected chi connectivity index (χ1v) is 7.27. The quantitative estimate of drug-likeness (QED) is 0.717. The summed E-state index contributed by atoms with van der Waals surface area (Å²) >= 11 is 0. The molecule has 0 spiro atoms. The van der Waals surface area contributed by atoms with Crippen LogP contribution >= 0.6 is 0 Å². The number of carbonyl (C=O) groups is 1. The van der Waals surface area contributed by atoms with Gasteiger partial charge in [0.1, 0.15) is 11.1 Å². The zero-order valence-corrected chi connectivity index (χ0v) is 12.3. The van der Waals surface area contributed by atoms with Gasteiger partial charge in [-0.2, -0.15) is 0 Å². The van der Waals surface area contributed by atoms with Crippen molar-refractivity contribution in [2.75, 3.05) is 13.1 Å². The largest absolute Gasteiger partial charge is 0.458 e. The smallest absolute Gasteiger partial charge is 0.331 e. The number of esters is 1. The van der Waals surface area contributed by atoms with Crippen LogP contribution in [0, 0.1) is 0 Å². The number of piperidine rings is 1. The summed E-state index contributed by atoms with van der Waals surface area (Å²) in [7, 11) is 0. The van der Waals surface area contributed by atoms with E-state index in [1.165, 1.54) is 19.3 Å². The molecule has 3 nitrogen and oxygen atoms in total. The molecule has 0 bridgehead atoms. The topological polar surface area (TPSA) is 29.5 Å². The van der Waals surface area contributed by atoms with Crippen LogP contribution in [0.2, 0.25) is 0 Å². The van der Waals surface area contributed by atoms with Gasteiger partial charge in [0.15, 0.2) is 0 Å². The summed E-state index contributed by atoms with van der Waals surface area (Å²) in [5.74, 6) is -0.109. The van der Waals surface area contributed by atoms with Gasteiger partial charge >= 0.3 is 5.97 Å². The van der Waals surface area contributed by atoms with Crippen LogP contribution < -0.4 is 0 Å². The second-order valence-corrected chi connectivity index (χ2v) is 6.47. The Labute approximate surface area is 116 Å². The summed E-state index contributed by atoms with van der Waals surface area (Å²) in [6.45, 7) is 7.75. The van der Waals surface area contributed by atoms with E-state index in [2.05, 4.69) is 11.0 Å². The molecule has 1 aliphatic heterocycles. The average Bonchev–Trinajstić information content (AvgIpc) is 2.38. The van der Waals surface area contributed by atoms with Crippen molar-refractivity contribution in [1.29, 1.82) is 0 Å². The number of nitrogens with zero attached hydrogens (tertiary/aromatic N) is 1. The fourth-order valence-corrected chi connectivity index (χ4v) is 2.78. The summed E-state index contributed by atoms with van der Waals surface area (Å²) in [5, 5.41) is 0. The highest BCUT2D eigenvalue weighted by Gasteiger charge is 2.44. The zero-order valence-electron chi connectivity index (χ0n) is 12.3. The van der Waals surface area contributed by atoms with Gasteiger partial charge in [0.25, 0.3) is 0 Å². The number of rotatable bonds is 2. The zero-order chi connectivity index (χ0) is 13.9. The Morgan fingerprint density at radius 1 is 1.16 bits per heavy atom. The molecule has 1 heterocycles. The lowest BCUT2D eigenvalue weighted by molar-refractivity contribution is -0.167. The summed E-state index contributed by atoms with van der Waals surface area (Å²) in [5.41, 5.74) is -1.02. The van der Waals surface area contributed by atoms with Gasteiger partial charge in [-0.1, -0.05) is 30.7 Å². The Bertz CT molecular complexity index is 386. The number of ether oxygens (including phenoxy) is 1. The van der Waals surface area contributed by atoms with Crippen LogP contribution in [-0.4, -0.2) is 35.1 Å². The molecule has 1 fully saturated rings. The third kappa shape index (κ3) is 3.27. The van der Waals surface area contributed by atoms with Gasteiger partial charge in [-0.3, -0.25) is 4.90 Å². The molecule has 0 aromatic rings. The average molecular weight is 263 g/mol. The van der Waals surface area contributed by atoms with Crippen LogP contribution in [0.3, 0.4) is 0 Å². The molecule has 1 saturated heterocycles. The number of hydrogen-bond donors (Lipinski definition) is 0. The third-order valence-corrected chi connectivity index (χ3v) is 3.72. The van der Waals surface area contributed by atoms with Gasteiger partial charge in [-0.25, -0.2) is 4.79 Å². The molecule has 0 radical (unpaired) electrons. The highest BCUT2D eigenvalue weighted by molar-refractivity contribution is 5.84. The molecule has 2 aliphatic rings. The molecule has 0 aromatic carbocycles. The molecular formula is C16H25NO2. The fraction of sp³-hybridized carbons (Fsp3) is 0.688. The normalized spacial score (nSPS) is 28.4. The van der Waals surface area contributed by atoms with Crippen LogP contribution in [-0.2, 0) is 9.53 Å². The lowest BCUT2D eigenvalue weighted by Crippen LogP contribution is -2.57. The Kier molecular flexibility index (Phi) is 4.14. The predicted octanol–water partition coefficient (Wildman–Crippen LogP) is 3.07. The number of carbonyl (C=O) groups excluding carboxylic acids is 1. The second-order valence-electron chi connectivity index (χ2n) is 6.47. The summed E-state index contributed by atoms with van der Waals surface area (Å²) in [6.07, 6.45) is 12.4. The van der Waals surface area contributed by atoms with E-state index in [0.717, 1.165) is 19.5 Å². The van der Waals surface area contributed by atoms with Gasteiger partial charge in [-0.05, 0) is 53.1 Å². The van der Waals surface area contributed by atoms with E-state index in [1.807, 2.05) is 39.0 Å². The van der Waals surface area contributed by atoms with Crippen LogP contribution in [0.4, 0.5) is 0 Å². The summed E-state index contributed by atoms with van der Waals surface area (Å²) in [6, 6.07) is 0. The first-order valence-electron chi connectivity index (χ1n) is 7.27. The van der Waals surface area contributed by atoms with Crippen LogP contribution in [0.5, 0.6) is 0 Å². The van der Waals surface area contributed by atoms with Crippen LogP contribution in [0.1, 0.15) is 46.5 Å². The van der Waals surface area contributed by atoms with E-state index < -0.39 is 11.1 Å². The van der Waals surface area contributed by atoms with Crippen molar-refractivity contribution in [1.82, 2.24) is 4.90 Å². The molecule has 1 atom stereocenters. The SMILES string of the molecule is CC(C)(C)OC(=O)C1(N2CCCCC2)C=CC=CC1. The molecule has 2 rings (SSSR count). The van der Waals surface area contributed by atoms with Gasteiger partial charge < -0.3 is 4.74 Å². The van der Waals surface area contributed by atoms with E-state index in [-0.39, 0.29) is 5.97 Å². The van der Waals surface area contributed by atoms with E-state index in [4.69, 9.17) is 4.74 Å². The fourth-order valence-electron chi connectivity index (χ4n) is 2.78. The molecule has 0 N–H and O–H groups in total. The molecule has 0 saturated carbocycles. The Morgan fingerprint density at radius 3 is 2.37 bits per heavy atom. The Balaban J connectivity index is 2.22. The van der Waals surface area contributed by atoms with Gasteiger partial charge in [0, 0.05) is 0 Å². The summed E-state index contributed by atoms with van der Waals surface area (Å²) < 4.78 is 5.67. The minimum Gasteiger partial charge on any atom is -0.458 e. The van der Waals surface area contributed by atoms with Crippen molar-refractivity contribution in [3.63, 3.8) is 0 Å². The van der Waals surface area contributed by atoms with E-state index >= 15 is 0 Å². The molecule has 1 unspecified atom stereocenters. The lowest BCUT2D eigenvalue weighted by Gasteiger charge is -2.43. The maximum absolute atomic E-state index is 12.7. The van der Waals surface area contributed by atoms with Gasteiger partial charge in [-0.15, -0.1) is 0 Å². The van der Waals surface area contributed by atoms with Crippen LogP contribution in [0.15, 0.2) is 24.3 Å². The minimum atomic E-state index is -0.581. The second kappa shape index (κ2) is 5.49. The monoisotopic (exact) mass is 263 g/mol. The molecule has 106 valence electrons. The Morgan fingerprint density at radius 2 is 1.84 bits per heavy atom. The highest BCUT2D eigenvalue weighted by Crippen LogP contribution is 2.31. The number of allylic oxidation sites excluding steroid dienone is 2. The lowest BCUT2D eigenvalue weighted by atomic mass is 9.87. The van der Waals surface area contributed by atoms with Crippen molar-refractivity contribution in [3.05, 3.63) is 24.3 Å². The van der Waals surface area contributed by atoms with Crippen molar-refractivity contribution in [2.45, 2.75) is 57.6 Å². The molecule has 0 amide bonds. The van der Waals surface area contributed by atoms with Gasteiger partial charge in [0.2, 0.25) is 0 Å². The molecular weight excluding hydrogens is 238 g/mol. The van der Waals surface area contributed by atoms with E-state index in [1.54, 1.807) is 0 Å². The first kappa shape index (κ1) is 14.3. The van der Waals surface area contributed by atoms with E-state index in [0.29, 0.717) is 0 Å². The summed E-state index contributed by atoms with van der Waals surface area (Å²) in [4.78, 5) is 15.0. The predicted molar refractivity (Wildman–Crippen MR) is 76.9 cm³/mol. The number of hydrogen-bond acceptors (Lipinski definition) is 3. The first-order chi connectivity index (χ1) is 8.94. The molecule has 1 aliphatic carbocycles. The standard InChI is InChI=1S/C16H25NO2/c1-15(2,3)19-14(18)16(10-6-4-7-11-16)17-12-8-5-9-13-17/h4,6-7,10H,5,8-9,11-13H2,1-3H3. The maximum Gasteiger partial charge on any atom is 0.331 e. The van der Waals surface area contributed by atoms with Gasteiger partial charge in [0.05, 0.1) is 0 Å². The van der Waals surface area contributed by atoms with Crippen molar-refractivity contribution < 1.29 is 9.53 Å². The molecule has 0 aromatic heterocycles. The van der Waals surface area contributed by atoms with Crippen molar-refractivity contribution in [2.24, 2.45) is 0 Å². The molecule has 19 heavy (non-hydrogen) atoms. The third-order valence-electron chi connectivity index (χ3n) is 3.72. The molecule has 3 heteroatoms. The Hall–Kier alpha value is -1.09. The maximum atomic E-state index is 12.7. The highest BCUT2D eigenvalue weighted by atomic mass is 16.6.